The molecule has 0 radical (unpaired) electrons. The van der Waals surface area contributed by atoms with Crippen molar-refractivity contribution in [3.63, 3.8) is 0 Å². The number of methoxy groups -OCH3 is 2. The molecular weight excluding hydrogens is 276 g/mol. The van der Waals surface area contributed by atoms with Crippen LogP contribution in [0.2, 0.25) is 0 Å². The van der Waals surface area contributed by atoms with Gasteiger partial charge in [0, 0.05) is 33.4 Å². The third kappa shape index (κ3) is 5.72. The van der Waals surface area contributed by atoms with Crippen molar-refractivity contribution in [3.05, 3.63) is 29.6 Å². The Morgan fingerprint density at radius 2 is 2.00 bits per heavy atom. The standard InChI is InChI=1S/C14H23BFNO4/c1-11(10-21-3)17(6-7-20-2)9-12-4-5-13(16)8-14(12)15(18)19/h4-5,8,11,18-19H,6-7,9-10H2,1-3H3. The Kier molecular flexibility index (Phi) is 7.84. The van der Waals surface area contributed by atoms with E-state index >= 15 is 0 Å². The second-order valence-corrected chi connectivity index (χ2v) is 4.98. The fourth-order valence-corrected chi connectivity index (χ4v) is 2.18. The first-order valence-corrected chi connectivity index (χ1v) is 6.86. The van der Waals surface area contributed by atoms with Crippen molar-refractivity contribution in [3.8, 4) is 0 Å². The number of hydrogen-bond donors (Lipinski definition) is 2. The predicted octanol–water partition coefficient (Wildman–Crippen LogP) is -0.0112. The summed E-state index contributed by atoms with van der Waals surface area (Å²) in [6.07, 6.45) is 0. The number of halogens is 1. The second-order valence-electron chi connectivity index (χ2n) is 4.98. The number of ether oxygens (including phenoxy) is 2. The summed E-state index contributed by atoms with van der Waals surface area (Å²) < 4.78 is 23.5. The minimum Gasteiger partial charge on any atom is -0.423 e. The largest absolute Gasteiger partial charge is 0.488 e. The van der Waals surface area contributed by atoms with Gasteiger partial charge < -0.3 is 19.5 Å². The van der Waals surface area contributed by atoms with Gasteiger partial charge in [-0.3, -0.25) is 4.90 Å². The molecule has 7 heteroatoms. The molecule has 0 aliphatic rings. The van der Waals surface area contributed by atoms with Crippen molar-refractivity contribution < 1.29 is 23.9 Å². The molecule has 1 aromatic rings. The summed E-state index contributed by atoms with van der Waals surface area (Å²) in [5, 5.41) is 18.8. The van der Waals surface area contributed by atoms with E-state index in [0.717, 1.165) is 6.07 Å². The van der Waals surface area contributed by atoms with Crippen LogP contribution in [0.1, 0.15) is 12.5 Å². The molecule has 1 aromatic carbocycles. The van der Waals surface area contributed by atoms with Crippen molar-refractivity contribution in [1.82, 2.24) is 4.90 Å². The van der Waals surface area contributed by atoms with E-state index in [1.165, 1.54) is 6.07 Å². The molecule has 21 heavy (non-hydrogen) atoms. The van der Waals surface area contributed by atoms with E-state index < -0.39 is 12.9 Å². The summed E-state index contributed by atoms with van der Waals surface area (Å²) in [5.41, 5.74) is 0.854. The van der Waals surface area contributed by atoms with Crippen molar-refractivity contribution >= 4 is 12.6 Å². The Balaban J connectivity index is 2.91. The molecular formula is C14H23BFNO4. The third-order valence-electron chi connectivity index (χ3n) is 3.37. The number of rotatable bonds is 9. The predicted molar refractivity (Wildman–Crippen MR) is 79.8 cm³/mol. The lowest BCUT2D eigenvalue weighted by molar-refractivity contribution is 0.0706. The van der Waals surface area contributed by atoms with Crippen molar-refractivity contribution in [2.45, 2.75) is 19.5 Å². The molecule has 0 spiro atoms. The van der Waals surface area contributed by atoms with Crippen LogP contribution in [-0.2, 0) is 16.0 Å². The molecule has 0 aliphatic carbocycles. The molecule has 0 heterocycles. The van der Waals surface area contributed by atoms with Crippen molar-refractivity contribution in [2.75, 3.05) is 34.0 Å². The van der Waals surface area contributed by atoms with Crippen molar-refractivity contribution in [2.24, 2.45) is 0 Å². The number of nitrogens with zero attached hydrogens (tertiary/aromatic N) is 1. The highest BCUT2D eigenvalue weighted by Crippen LogP contribution is 2.09. The quantitative estimate of drug-likeness (QED) is 0.628. The van der Waals surface area contributed by atoms with Crippen LogP contribution in [0.3, 0.4) is 0 Å². The normalized spacial score (nSPS) is 12.7. The summed E-state index contributed by atoms with van der Waals surface area (Å²) in [6, 6.07) is 4.16. The van der Waals surface area contributed by atoms with E-state index in [0.29, 0.717) is 31.9 Å². The maximum atomic E-state index is 13.3. The van der Waals surface area contributed by atoms with E-state index in [-0.39, 0.29) is 11.5 Å². The maximum Gasteiger partial charge on any atom is 0.488 e. The van der Waals surface area contributed by atoms with E-state index in [9.17, 15) is 14.4 Å². The molecule has 2 N–H and O–H groups in total. The van der Waals surface area contributed by atoms with Gasteiger partial charge in [-0.05, 0) is 30.1 Å². The third-order valence-corrected chi connectivity index (χ3v) is 3.37. The van der Waals surface area contributed by atoms with Gasteiger partial charge in [0.1, 0.15) is 5.82 Å². The van der Waals surface area contributed by atoms with Crippen LogP contribution in [0.25, 0.3) is 0 Å². The van der Waals surface area contributed by atoms with Crippen LogP contribution in [0.4, 0.5) is 4.39 Å². The Morgan fingerprint density at radius 1 is 1.29 bits per heavy atom. The fourth-order valence-electron chi connectivity index (χ4n) is 2.18. The molecule has 1 unspecified atom stereocenters. The first-order valence-electron chi connectivity index (χ1n) is 6.86. The monoisotopic (exact) mass is 299 g/mol. The Bertz CT molecular complexity index is 433. The van der Waals surface area contributed by atoms with Gasteiger partial charge in [-0.15, -0.1) is 0 Å². The zero-order valence-corrected chi connectivity index (χ0v) is 12.8. The topological polar surface area (TPSA) is 62.2 Å². The summed E-state index contributed by atoms with van der Waals surface area (Å²) in [4.78, 5) is 2.09. The van der Waals surface area contributed by atoms with Crippen LogP contribution in [0, 0.1) is 5.82 Å². The van der Waals surface area contributed by atoms with E-state index in [1.54, 1.807) is 20.3 Å². The minimum absolute atomic E-state index is 0.124. The number of hydrogen-bond acceptors (Lipinski definition) is 5. The van der Waals surface area contributed by atoms with Crippen LogP contribution in [-0.4, -0.2) is 62.1 Å². The minimum atomic E-state index is -1.70. The molecule has 1 rings (SSSR count). The van der Waals surface area contributed by atoms with Gasteiger partial charge in [0.15, 0.2) is 0 Å². The molecule has 5 nitrogen and oxygen atoms in total. The van der Waals surface area contributed by atoms with Crippen LogP contribution in [0.15, 0.2) is 18.2 Å². The molecule has 118 valence electrons. The smallest absolute Gasteiger partial charge is 0.423 e. The highest BCUT2D eigenvalue weighted by atomic mass is 19.1. The first kappa shape index (κ1) is 18.1. The molecule has 0 saturated heterocycles. The Morgan fingerprint density at radius 3 is 2.57 bits per heavy atom. The van der Waals surface area contributed by atoms with Gasteiger partial charge in [0.2, 0.25) is 0 Å². The van der Waals surface area contributed by atoms with Gasteiger partial charge in [0.25, 0.3) is 0 Å². The summed E-state index contributed by atoms with van der Waals surface area (Å²) in [5.74, 6) is -0.491. The van der Waals surface area contributed by atoms with Gasteiger partial charge in [-0.1, -0.05) is 6.07 Å². The molecule has 0 amide bonds. The lowest BCUT2D eigenvalue weighted by atomic mass is 9.76. The van der Waals surface area contributed by atoms with Gasteiger partial charge >= 0.3 is 7.12 Å². The van der Waals surface area contributed by atoms with Crippen molar-refractivity contribution in [1.29, 1.82) is 0 Å². The molecule has 0 aromatic heterocycles. The average Bonchev–Trinajstić information content (AvgIpc) is 2.44. The Hall–Kier alpha value is -0.985. The summed E-state index contributed by atoms with van der Waals surface area (Å²) in [6.45, 7) is 4.23. The lowest BCUT2D eigenvalue weighted by Crippen LogP contribution is -2.41. The van der Waals surface area contributed by atoms with Crippen LogP contribution < -0.4 is 5.46 Å². The van der Waals surface area contributed by atoms with Crippen LogP contribution in [0.5, 0.6) is 0 Å². The average molecular weight is 299 g/mol. The van der Waals surface area contributed by atoms with Gasteiger partial charge in [0.05, 0.1) is 13.2 Å². The van der Waals surface area contributed by atoms with E-state index in [2.05, 4.69) is 4.90 Å². The molecule has 0 bridgehead atoms. The van der Waals surface area contributed by atoms with E-state index in [4.69, 9.17) is 9.47 Å². The summed E-state index contributed by atoms with van der Waals surface area (Å²) in [7, 11) is 1.56. The van der Waals surface area contributed by atoms with Gasteiger partial charge in [-0.25, -0.2) is 4.39 Å². The van der Waals surface area contributed by atoms with Crippen LogP contribution >= 0.6 is 0 Å². The fraction of sp³-hybridized carbons (Fsp3) is 0.571. The van der Waals surface area contributed by atoms with E-state index in [1.807, 2.05) is 6.92 Å². The maximum absolute atomic E-state index is 13.3. The number of benzene rings is 1. The molecule has 1 atom stereocenters. The highest BCUT2D eigenvalue weighted by molar-refractivity contribution is 6.59. The SMILES string of the molecule is COCCN(Cc1ccc(F)cc1B(O)O)C(C)COC. The lowest BCUT2D eigenvalue weighted by Gasteiger charge is -2.29. The zero-order chi connectivity index (χ0) is 15.8. The first-order chi connectivity index (χ1) is 9.99. The molecule has 0 aliphatic heterocycles. The second kappa shape index (κ2) is 9.12. The molecule has 0 saturated carbocycles. The Labute approximate surface area is 125 Å². The molecule has 0 fully saturated rings. The van der Waals surface area contributed by atoms with Gasteiger partial charge in [-0.2, -0.15) is 0 Å². The highest BCUT2D eigenvalue weighted by Gasteiger charge is 2.21. The zero-order valence-electron chi connectivity index (χ0n) is 12.8. The summed E-state index contributed by atoms with van der Waals surface area (Å²) >= 11 is 0.